The number of carbonyl (C=O) groups excluding carboxylic acids is 1. The number of rotatable bonds is 7. The van der Waals surface area contributed by atoms with Crippen molar-refractivity contribution in [3.63, 3.8) is 0 Å². The third-order valence-corrected chi connectivity index (χ3v) is 4.14. The molecule has 3 N–H and O–H groups in total. The van der Waals surface area contributed by atoms with Gasteiger partial charge in [-0.05, 0) is 31.5 Å². The number of nitrogen functional groups attached to an aromatic ring is 1. The monoisotopic (exact) mass is 346 g/mol. The molecule has 0 aromatic heterocycles. The quantitative estimate of drug-likeness (QED) is 0.452. The van der Waals surface area contributed by atoms with Crippen molar-refractivity contribution < 1.29 is 9.53 Å². The molecule has 1 aromatic rings. The highest BCUT2D eigenvalue weighted by atomic mass is 79.9. The summed E-state index contributed by atoms with van der Waals surface area (Å²) in [4.78, 5) is 12.8. The smallest absolute Gasteiger partial charge is 0.233 e. The average molecular weight is 347 g/mol. The van der Waals surface area contributed by atoms with Gasteiger partial charge in [-0.15, -0.1) is 11.8 Å². The molecule has 0 fully saturated rings. The fraction of sp³-hybridized carbons (Fsp3) is 0.462. The number of amides is 1. The van der Waals surface area contributed by atoms with Crippen molar-refractivity contribution in [2.45, 2.75) is 23.5 Å². The van der Waals surface area contributed by atoms with Crippen LogP contribution >= 0.6 is 27.7 Å². The predicted octanol–water partition coefficient (Wildman–Crippen LogP) is 2.66. The second-order valence-corrected chi connectivity index (χ2v) is 6.38. The summed E-state index contributed by atoms with van der Waals surface area (Å²) in [6.45, 7) is 3.16. The minimum atomic E-state index is -0.181. The molecule has 0 bridgehead atoms. The topological polar surface area (TPSA) is 64.3 Å². The first-order chi connectivity index (χ1) is 9.04. The first kappa shape index (κ1) is 16.3. The minimum Gasteiger partial charge on any atom is -0.398 e. The molecule has 0 aliphatic heterocycles. The maximum Gasteiger partial charge on any atom is 0.233 e. The molecular weight excluding hydrogens is 328 g/mol. The summed E-state index contributed by atoms with van der Waals surface area (Å²) in [5.41, 5.74) is 6.57. The highest BCUT2D eigenvalue weighted by Gasteiger charge is 2.15. The Balaban J connectivity index is 2.47. The Morgan fingerprint density at radius 3 is 3.00 bits per heavy atom. The molecule has 1 atom stereocenters. The van der Waals surface area contributed by atoms with E-state index in [1.807, 2.05) is 25.1 Å². The normalized spacial score (nSPS) is 12.2. The molecule has 1 aromatic carbocycles. The maximum atomic E-state index is 11.9. The van der Waals surface area contributed by atoms with Crippen molar-refractivity contribution in [2.24, 2.45) is 0 Å². The van der Waals surface area contributed by atoms with Crippen molar-refractivity contribution in [3.8, 4) is 0 Å². The number of anilines is 1. The summed E-state index contributed by atoms with van der Waals surface area (Å²) in [5.74, 6) is 0.0143. The number of hydrogen-bond donors (Lipinski definition) is 2. The number of ether oxygens (including phenoxy) is 1. The van der Waals surface area contributed by atoms with Crippen LogP contribution in [0.25, 0.3) is 0 Å². The SMILES string of the molecule is COCCCNC(=O)C(C)Sc1cc(Br)ccc1N. The van der Waals surface area contributed by atoms with Gasteiger partial charge >= 0.3 is 0 Å². The van der Waals surface area contributed by atoms with Gasteiger partial charge in [0.1, 0.15) is 0 Å². The lowest BCUT2D eigenvalue weighted by atomic mass is 10.3. The highest BCUT2D eigenvalue weighted by Crippen LogP contribution is 2.31. The van der Waals surface area contributed by atoms with Crippen molar-refractivity contribution in [1.82, 2.24) is 5.32 Å². The molecule has 0 radical (unpaired) electrons. The molecule has 4 nitrogen and oxygen atoms in total. The van der Waals surface area contributed by atoms with Gasteiger partial charge in [0, 0.05) is 35.3 Å². The summed E-state index contributed by atoms with van der Waals surface area (Å²) >= 11 is 4.86. The largest absolute Gasteiger partial charge is 0.398 e. The van der Waals surface area contributed by atoms with Crippen LogP contribution in [0.4, 0.5) is 5.69 Å². The van der Waals surface area contributed by atoms with Crippen molar-refractivity contribution >= 4 is 39.3 Å². The zero-order valence-electron chi connectivity index (χ0n) is 11.1. The number of hydrogen-bond acceptors (Lipinski definition) is 4. The molecule has 1 unspecified atom stereocenters. The van der Waals surface area contributed by atoms with Gasteiger partial charge in [0.25, 0.3) is 0 Å². The first-order valence-corrected chi connectivity index (χ1v) is 7.70. The van der Waals surface area contributed by atoms with Crippen LogP contribution in [-0.2, 0) is 9.53 Å². The second kappa shape index (κ2) is 8.45. The number of thioether (sulfide) groups is 1. The first-order valence-electron chi connectivity index (χ1n) is 6.03. The third-order valence-electron chi connectivity index (χ3n) is 2.47. The van der Waals surface area contributed by atoms with Crippen LogP contribution < -0.4 is 11.1 Å². The van der Waals surface area contributed by atoms with Gasteiger partial charge in [-0.25, -0.2) is 0 Å². The summed E-state index contributed by atoms with van der Waals surface area (Å²) < 4.78 is 5.89. The van der Waals surface area contributed by atoms with Crippen molar-refractivity contribution in [2.75, 3.05) is 26.0 Å². The number of benzene rings is 1. The van der Waals surface area contributed by atoms with E-state index in [4.69, 9.17) is 10.5 Å². The van der Waals surface area contributed by atoms with Crippen LogP contribution in [0.3, 0.4) is 0 Å². The molecule has 106 valence electrons. The number of methoxy groups -OCH3 is 1. The Labute approximate surface area is 126 Å². The molecule has 0 heterocycles. The van der Waals surface area contributed by atoms with Gasteiger partial charge in [-0.3, -0.25) is 4.79 Å². The molecule has 6 heteroatoms. The maximum absolute atomic E-state index is 11.9. The average Bonchev–Trinajstić information content (AvgIpc) is 2.38. The van der Waals surface area contributed by atoms with Gasteiger partial charge in [-0.1, -0.05) is 15.9 Å². The van der Waals surface area contributed by atoms with Crippen LogP contribution in [0.15, 0.2) is 27.6 Å². The van der Waals surface area contributed by atoms with Crippen LogP contribution in [0.1, 0.15) is 13.3 Å². The van der Waals surface area contributed by atoms with E-state index in [9.17, 15) is 4.79 Å². The highest BCUT2D eigenvalue weighted by molar-refractivity contribution is 9.10. The van der Waals surface area contributed by atoms with E-state index in [1.54, 1.807) is 7.11 Å². The lowest BCUT2D eigenvalue weighted by Gasteiger charge is -2.13. The second-order valence-electron chi connectivity index (χ2n) is 4.08. The van der Waals surface area contributed by atoms with E-state index in [1.165, 1.54) is 11.8 Å². The molecule has 19 heavy (non-hydrogen) atoms. The Hall–Kier alpha value is -0.720. The van der Waals surface area contributed by atoms with Gasteiger partial charge in [0.2, 0.25) is 5.91 Å². The van der Waals surface area contributed by atoms with E-state index in [0.717, 1.165) is 15.8 Å². The zero-order valence-corrected chi connectivity index (χ0v) is 13.5. The summed E-state index contributed by atoms with van der Waals surface area (Å²) in [5, 5.41) is 2.70. The van der Waals surface area contributed by atoms with E-state index in [2.05, 4.69) is 21.2 Å². The van der Waals surface area contributed by atoms with E-state index in [-0.39, 0.29) is 11.2 Å². The summed E-state index contributed by atoms with van der Waals surface area (Å²) in [7, 11) is 1.65. The Kier molecular flexibility index (Phi) is 7.27. The fourth-order valence-electron chi connectivity index (χ4n) is 1.43. The number of halogens is 1. The summed E-state index contributed by atoms with van der Waals surface area (Å²) in [6.07, 6.45) is 0.818. The van der Waals surface area contributed by atoms with Crippen molar-refractivity contribution in [3.05, 3.63) is 22.7 Å². The van der Waals surface area contributed by atoms with Crippen LogP contribution in [-0.4, -0.2) is 31.4 Å². The standard InChI is InChI=1S/C13H19BrN2O2S/c1-9(13(17)16-6-3-7-18-2)19-12-8-10(14)4-5-11(12)15/h4-5,8-9H,3,6-7,15H2,1-2H3,(H,16,17). The molecule has 1 rings (SSSR count). The zero-order chi connectivity index (χ0) is 14.3. The molecule has 0 aliphatic rings. The van der Waals surface area contributed by atoms with Gasteiger partial charge in [0.15, 0.2) is 0 Å². The van der Waals surface area contributed by atoms with E-state index >= 15 is 0 Å². The van der Waals surface area contributed by atoms with Gasteiger partial charge in [0.05, 0.1) is 5.25 Å². The van der Waals surface area contributed by atoms with E-state index in [0.29, 0.717) is 18.8 Å². The van der Waals surface area contributed by atoms with Gasteiger partial charge < -0.3 is 15.8 Å². The van der Waals surface area contributed by atoms with Gasteiger partial charge in [-0.2, -0.15) is 0 Å². The number of nitrogens with two attached hydrogens (primary N) is 1. The van der Waals surface area contributed by atoms with Crippen molar-refractivity contribution in [1.29, 1.82) is 0 Å². The number of carbonyl (C=O) groups is 1. The third kappa shape index (κ3) is 5.84. The molecule has 0 spiro atoms. The molecule has 0 saturated carbocycles. The molecule has 0 saturated heterocycles. The number of nitrogens with one attached hydrogen (secondary N) is 1. The fourth-order valence-corrected chi connectivity index (χ4v) is 2.91. The lowest BCUT2D eigenvalue weighted by Crippen LogP contribution is -2.32. The lowest BCUT2D eigenvalue weighted by molar-refractivity contribution is -0.120. The molecule has 0 aliphatic carbocycles. The minimum absolute atomic E-state index is 0.0143. The Morgan fingerprint density at radius 2 is 2.32 bits per heavy atom. The van der Waals surface area contributed by atoms with Crippen LogP contribution in [0.2, 0.25) is 0 Å². The Bertz CT molecular complexity index is 429. The van der Waals surface area contributed by atoms with Crippen LogP contribution in [0.5, 0.6) is 0 Å². The van der Waals surface area contributed by atoms with E-state index < -0.39 is 0 Å². The Morgan fingerprint density at radius 1 is 1.58 bits per heavy atom. The molecular formula is C13H19BrN2O2S. The predicted molar refractivity (Wildman–Crippen MR) is 83.4 cm³/mol. The summed E-state index contributed by atoms with van der Waals surface area (Å²) in [6, 6.07) is 5.64. The van der Waals surface area contributed by atoms with Crippen LogP contribution in [0, 0.1) is 0 Å². The molecule has 1 amide bonds.